The maximum absolute atomic E-state index is 14.6. The predicted molar refractivity (Wildman–Crippen MR) is 254 cm³/mol. The number of hydrogen-bond donors (Lipinski definition) is 6. The number of nitrogens with zero attached hydrogens (tertiary/aromatic N) is 3. The van der Waals surface area contributed by atoms with E-state index in [1.807, 2.05) is 23.2 Å². The minimum absolute atomic E-state index is 0.0552. The van der Waals surface area contributed by atoms with Crippen LogP contribution in [0.1, 0.15) is 81.9 Å². The van der Waals surface area contributed by atoms with Crippen molar-refractivity contribution >= 4 is 40.3 Å². The number of hydrogen-bond acceptors (Lipinski definition) is 15. The quantitative estimate of drug-likeness (QED) is 0.0629. The van der Waals surface area contributed by atoms with Crippen LogP contribution in [0, 0.1) is 30.6 Å². The van der Waals surface area contributed by atoms with Gasteiger partial charge >= 0.3 is 11.8 Å². The number of Topliss-reactive ketones (excluding diaryl/α,β-unsaturated/α-hetero) is 1. The van der Waals surface area contributed by atoms with E-state index in [9.17, 15) is 39.9 Å². The highest BCUT2D eigenvalue weighted by Crippen LogP contribution is 2.55. The number of rotatable bonds is 8. The van der Waals surface area contributed by atoms with Crippen LogP contribution in [0.5, 0.6) is 23.0 Å². The fraction of sp³-hybridized carbons (Fsp3) is 0.490. The van der Waals surface area contributed by atoms with Crippen molar-refractivity contribution in [1.29, 1.82) is 0 Å². The first-order chi connectivity index (χ1) is 31.8. The Labute approximate surface area is 392 Å². The van der Waals surface area contributed by atoms with E-state index in [0.717, 1.165) is 32.5 Å². The molecule has 67 heavy (non-hydrogen) atoms. The molecule has 1 saturated heterocycles. The summed E-state index contributed by atoms with van der Waals surface area (Å²) < 4.78 is 23.8. The summed E-state index contributed by atoms with van der Waals surface area (Å²) in [6.45, 7) is 16.1. The van der Waals surface area contributed by atoms with Gasteiger partial charge in [-0.15, -0.1) is 0 Å². The van der Waals surface area contributed by atoms with Crippen LogP contribution >= 0.6 is 0 Å². The van der Waals surface area contributed by atoms with Crippen molar-refractivity contribution in [2.75, 3.05) is 45.2 Å². The van der Waals surface area contributed by atoms with Crippen LogP contribution in [0.4, 0.5) is 5.69 Å². The molecule has 3 aromatic carbocycles. The van der Waals surface area contributed by atoms with Crippen molar-refractivity contribution in [1.82, 2.24) is 9.91 Å². The number of aliphatic hydroxyl groups is 2. The van der Waals surface area contributed by atoms with Gasteiger partial charge in [-0.1, -0.05) is 76.3 Å². The summed E-state index contributed by atoms with van der Waals surface area (Å²) in [4.78, 5) is 43.2. The number of fused-ring (bicyclic) bond motifs is 14. The molecule has 4 aliphatic heterocycles. The number of phenolic OH excluding ortho intramolecular Hbond substituents is 3. The molecule has 4 aliphatic rings. The highest BCUT2D eigenvalue weighted by molar-refractivity contribution is 6.23. The van der Waals surface area contributed by atoms with Crippen LogP contribution in [0.15, 0.2) is 71.6 Å². The minimum Gasteiger partial charge on any atom is -0.507 e. The summed E-state index contributed by atoms with van der Waals surface area (Å²) in [5.74, 6) is -8.38. The molecule has 16 heteroatoms. The third-order valence-electron chi connectivity index (χ3n) is 13.5. The van der Waals surface area contributed by atoms with E-state index in [4.69, 9.17) is 18.9 Å². The lowest BCUT2D eigenvalue weighted by molar-refractivity contribution is -0.160. The third-order valence-corrected chi connectivity index (χ3v) is 13.5. The van der Waals surface area contributed by atoms with Crippen molar-refractivity contribution in [2.45, 2.75) is 98.4 Å². The minimum atomic E-state index is -2.06. The second kappa shape index (κ2) is 21.3. The van der Waals surface area contributed by atoms with Gasteiger partial charge in [-0.05, 0) is 44.9 Å². The van der Waals surface area contributed by atoms with Crippen molar-refractivity contribution in [3.63, 3.8) is 0 Å². The van der Waals surface area contributed by atoms with E-state index in [0.29, 0.717) is 13.1 Å². The second-order valence-corrected chi connectivity index (χ2v) is 18.2. The number of carbonyl (C=O) groups excluding carboxylic acids is 3. The van der Waals surface area contributed by atoms with Crippen molar-refractivity contribution in [3.05, 3.63) is 88.7 Å². The molecule has 9 atom stereocenters. The molecular weight excluding hydrogens is 861 g/mol. The lowest BCUT2D eigenvalue weighted by Gasteiger charge is -2.38. The van der Waals surface area contributed by atoms with Crippen molar-refractivity contribution in [2.24, 2.45) is 28.8 Å². The Morgan fingerprint density at radius 1 is 0.925 bits per heavy atom. The molecule has 4 heterocycles. The molecule has 7 rings (SSSR count). The number of aromatic hydroxyl groups is 3. The van der Waals surface area contributed by atoms with Crippen LogP contribution < -0.4 is 10.1 Å². The van der Waals surface area contributed by atoms with E-state index in [1.54, 1.807) is 39.8 Å². The standard InChI is InChI=1S/C51H66N4O12/c1-28-15-13-16-29(2)50(63)53-41-36(27-52-55-24-22-54(23-25-55)21-14-19-35-17-11-10-12-18-35)45(60)38-39(46(41)61)44(59)33(6)48-40(38)49(62)51(8,67-48)65-26-20-37(64-9)30(3)47(66-34(7)56)32(5)43(58)31(4)42(28)57/h10-13,15-18,20,26-28,30-32,37,42-43,47,57-61H,14,19,21-25H2,1-9H3,(H,53,63). The number of amides is 1. The fourth-order valence-corrected chi connectivity index (χ4v) is 9.24. The highest BCUT2D eigenvalue weighted by atomic mass is 16.7. The lowest BCUT2D eigenvalue weighted by Crippen LogP contribution is -2.46. The van der Waals surface area contributed by atoms with Gasteiger partial charge in [0.15, 0.2) is 5.75 Å². The molecule has 1 amide bonds. The zero-order valence-electron chi connectivity index (χ0n) is 39.9. The molecule has 362 valence electrons. The number of anilines is 1. The van der Waals surface area contributed by atoms with Gasteiger partial charge in [-0.25, -0.2) is 0 Å². The second-order valence-electron chi connectivity index (χ2n) is 18.2. The zero-order chi connectivity index (χ0) is 48.9. The molecular formula is C51H66N4O12. The monoisotopic (exact) mass is 926 g/mol. The molecule has 0 radical (unpaired) electrons. The highest BCUT2D eigenvalue weighted by Gasteiger charge is 2.50. The van der Waals surface area contributed by atoms with Crippen LogP contribution in [0.3, 0.4) is 0 Å². The number of carbonyl (C=O) groups is 3. The van der Waals surface area contributed by atoms with Crippen LogP contribution in [-0.4, -0.2) is 129 Å². The number of esters is 1. The normalized spacial score (nSPS) is 27.9. The molecule has 0 aliphatic carbocycles. The van der Waals surface area contributed by atoms with Gasteiger partial charge in [0.2, 0.25) is 0 Å². The largest absolute Gasteiger partial charge is 0.507 e. The first-order valence-electron chi connectivity index (χ1n) is 22.9. The van der Waals surface area contributed by atoms with Crippen molar-refractivity contribution in [3.8, 4) is 23.0 Å². The topological polar surface area (TPSA) is 220 Å². The van der Waals surface area contributed by atoms with E-state index in [2.05, 4.69) is 27.5 Å². The van der Waals surface area contributed by atoms with Gasteiger partial charge in [-0.2, -0.15) is 5.10 Å². The average Bonchev–Trinajstić information content (AvgIpc) is 3.57. The first kappa shape index (κ1) is 50.5. The molecule has 0 spiro atoms. The van der Waals surface area contributed by atoms with Gasteiger partial charge in [0, 0.05) is 87.3 Å². The SMILES string of the molecule is COC1C=COC2(C)Oc3c(C)c(O)c4c(O)c(c(C=NN5CCN(CCCc6ccccc6)CC5)c(O)c4c3C2=O)NC(=O)C(C)=CC=CC(C)C(O)C(C)C(O)C(C)C(OC(C)=O)C1C. The van der Waals surface area contributed by atoms with Gasteiger partial charge in [0.25, 0.3) is 11.7 Å². The lowest BCUT2D eigenvalue weighted by atomic mass is 9.78. The number of allylic oxidation sites excluding steroid dienone is 2. The predicted octanol–water partition coefficient (Wildman–Crippen LogP) is 6.34. The number of methoxy groups -OCH3 is 1. The number of benzene rings is 3. The Hall–Kier alpha value is -5.94. The number of aliphatic hydroxyl groups excluding tert-OH is 2. The number of ether oxygens (including phenoxy) is 4. The summed E-state index contributed by atoms with van der Waals surface area (Å²) >= 11 is 0. The van der Waals surface area contributed by atoms with Gasteiger partial charge < -0.3 is 49.8 Å². The summed E-state index contributed by atoms with van der Waals surface area (Å²) in [6, 6.07) is 10.3. The molecule has 1 fully saturated rings. The van der Waals surface area contributed by atoms with E-state index >= 15 is 0 Å². The van der Waals surface area contributed by atoms with Gasteiger partial charge in [0.1, 0.15) is 23.4 Å². The Bertz CT molecular complexity index is 2430. The third kappa shape index (κ3) is 10.8. The van der Waals surface area contributed by atoms with Crippen LogP contribution in [0.25, 0.3) is 10.8 Å². The maximum atomic E-state index is 14.6. The molecule has 9 unspecified atom stereocenters. The number of phenols is 3. The van der Waals surface area contributed by atoms with E-state index in [1.165, 1.54) is 65.0 Å². The smallest absolute Gasteiger partial charge is 0.312 e. The Morgan fingerprint density at radius 3 is 2.27 bits per heavy atom. The molecule has 3 aromatic rings. The molecule has 16 nitrogen and oxygen atoms in total. The number of nitrogens with one attached hydrogen (secondary N) is 1. The van der Waals surface area contributed by atoms with E-state index in [-0.39, 0.29) is 44.5 Å². The maximum Gasteiger partial charge on any atom is 0.312 e. The fourth-order valence-electron chi connectivity index (χ4n) is 9.24. The van der Waals surface area contributed by atoms with Gasteiger partial charge in [-0.3, -0.25) is 24.3 Å². The Morgan fingerprint density at radius 2 is 1.61 bits per heavy atom. The Balaban J connectivity index is 1.41. The molecule has 0 aromatic heterocycles. The van der Waals surface area contributed by atoms with Gasteiger partial charge in [0.05, 0.1) is 53.0 Å². The molecule has 5 bridgehead atoms. The summed E-state index contributed by atoms with van der Waals surface area (Å²) in [5, 5.41) is 67.7. The summed E-state index contributed by atoms with van der Waals surface area (Å²) in [6.07, 6.45) is 6.87. The summed E-state index contributed by atoms with van der Waals surface area (Å²) in [5.41, 5.74) is 0.936. The number of aryl methyl sites for hydroxylation is 1. The number of hydrazone groups is 1. The summed E-state index contributed by atoms with van der Waals surface area (Å²) in [7, 11) is 1.44. The molecule has 6 N–H and O–H groups in total. The van der Waals surface area contributed by atoms with Crippen LogP contribution in [-0.2, 0) is 30.2 Å². The zero-order valence-corrected chi connectivity index (χ0v) is 39.9. The first-order valence-corrected chi connectivity index (χ1v) is 22.9. The number of piperazine rings is 1. The average molecular weight is 927 g/mol. The van der Waals surface area contributed by atoms with Crippen LogP contribution in [0.2, 0.25) is 0 Å². The number of ketones is 1. The Kier molecular flexibility index (Phi) is 16.1. The van der Waals surface area contributed by atoms with E-state index < -0.39 is 88.8 Å². The van der Waals surface area contributed by atoms with Crippen molar-refractivity contribution < 1.29 is 58.9 Å². The molecule has 0 saturated carbocycles.